The molecule has 0 bridgehead atoms. The van der Waals surface area contributed by atoms with Crippen LogP contribution >= 0.6 is 35.3 Å². The topological polar surface area (TPSA) is 241 Å². The van der Waals surface area contributed by atoms with E-state index in [1.54, 1.807) is 34.5 Å². The Hall–Kier alpha value is -7.99. The Bertz CT molecular complexity index is 3180. The lowest BCUT2D eigenvalue weighted by Gasteiger charge is -2.28. The van der Waals surface area contributed by atoms with Crippen molar-refractivity contribution in [2.75, 3.05) is 14.7 Å². The van der Waals surface area contributed by atoms with Crippen LogP contribution in [0.3, 0.4) is 0 Å². The van der Waals surface area contributed by atoms with Crippen LogP contribution in [0.5, 0.6) is 0 Å². The number of nitriles is 1. The molecule has 3 N–H and O–H groups in total. The Balaban J connectivity index is 0.000000132. The largest absolute Gasteiger partial charge is 0.478 e. The third-order valence-electron chi connectivity index (χ3n) is 12.3. The first-order chi connectivity index (χ1) is 34.3. The van der Waals surface area contributed by atoms with Gasteiger partial charge in [-0.2, -0.15) is 5.26 Å². The number of carbonyl (C=O) groups is 5. The summed E-state index contributed by atoms with van der Waals surface area (Å²) in [6.45, 7) is 5.98. The summed E-state index contributed by atoms with van der Waals surface area (Å²) in [6.07, 6.45) is 9.18. The summed E-state index contributed by atoms with van der Waals surface area (Å²) in [5.74, 6) is -1.77. The van der Waals surface area contributed by atoms with Crippen molar-refractivity contribution in [3.8, 4) is 6.07 Å². The van der Waals surface area contributed by atoms with Gasteiger partial charge >= 0.3 is 5.97 Å². The Labute approximate surface area is 426 Å². The molecular formula is C52H43N11O6S3. The van der Waals surface area contributed by atoms with Crippen molar-refractivity contribution in [3.05, 3.63) is 160 Å². The van der Waals surface area contributed by atoms with Crippen LogP contribution in [0.1, 0.15) is 85.2 Å². The molecule has 20 heteroatoms. The van der Waals surface area contributed by atoms with Gasteiger partial charge in [-0.05, 0) is 75.4 Å². The molecule has 6 unspecified atom stereocenters. The first-order valence-electron chi connectivity index (χ1n) is 22.0. The van der Waals surface area contributed by atoms with Gasteiger partial charge in [0.15, 0.2) is 0 Å². The smallest absolute Gasteiger partial charge is 0.336 e. The fraction of sp³-hybridized carbons (Fsp3) is 0.192. The van der Waals surface area contributed by atoms with Gasteiger partial charge in [-0.3, -0.25) is 48.9 Å². The summed E-state index contributed by atoms with van der Waals surface area (Å²) < 4.78 is 0. The molecule has 3 aromatic heterocycles. The highest BCUT2D eigenvalue weighted by atomic mass is 32.2. The van der Waals surface area contributed by atoms with Crippen LogP contribution in [-0.4, -0.2) is 84.4 Å². The number of carboxylic acids is 1. The maximum absolute atomic E-state index is 12.9. The van der Waals surface area contributed by atoms with Crippen LogP contribution in [0.4, 0.5) is 17.1 Å². The standard InChI is InChI=1S/C17H14N4O2S.C17H12N4OS.C17H13N3O3S.CH4/c1-9-2-4-10(5-3-9)21-8-20-13-12-11(15(18)22)6-7-19-16(12)24-14(13)17(21)23;1-10-2-4-12(5-3-10)21-9-20-14-13-11(8-18)6-7-19-16(13)23-15(14)17(21)22;1-9-2-4-10(5-3-9)20-8-19-13-12-11(17(22)23)6-7-18-15(12)24-14(13)16(20)21;/h2-8,13-14H,1H3,(H2,18,22);2-7,9,14-15H,1H3;2-8,13-14H,1H3,(H,22,23);1H4. The van der Waals surface area contributed by atoms with E-state index in [1.165, 1.54) is 71.3 Å². The van der Waals surface area contributed by atoms with Gasteiger partial charge in [-0.25, -0.2) is 19.7 Å². The van der Waals surface area contributed by atoms with Crippen LogP contribution in [0.15, 0.2) is 140 Å². The minimum absolute atomic E-state index is 0. The highest BCUT2D eigenvalue weighted by Crippen LogP contribution is 2.51. The Kier molecular flexibility index (Phi) is 13.6. The van der Waals surface area contributed by atoms with Gasteiger partial charge in [0.2, 0.25) is 23.6 Å². The molecule has 6 aromatic rings. The average Bonchev–Trinajstić information content (AvgIpc) is 4.09. The number of carbonyl (C=O) groups excluding carboxylic acids is 4. The first kappa shape index (κ1) is 49.0. The van der Waals surface area contributed by atoms with Crippen molar-refractivity contribution in [3.63, 3.8) is 0 Å². The number of aromatic carboxylic acids is 1. The number of hydrogen-bond acceptors (Lipinski definition) is 15. The third-order valence-corrected chi connectivity index (χ3v) is 16.1. The van der Waals surface area contributed by atoms with Crippen LogP contribution in [0.25, 0.3) is 0 Å². The van der Waals surface area contributed by atoms with Gasteiger partial charge in [0.05, 0.1) is 36.2 Å². The van der Waals surface area contributed by atoms with E-state index in [0.717, 1.165) is 44.3 Å². The zero-order valence-electron chi connectivity index (χ0n) is 37.9. The van der Waals surface area contributed by atoms with Gasteiger partial charge in [-0.1, -0.05) is 95.8 Å². The molecule has 0 saturated carbocycles. The molecular weight excluding hydrogens is 971 g/mol. The van der Waals surface area contributed by atoms with E-state index in [1.807, 2.05) is 93.6 Å². The van der Waals surface area contributed by atoms with E-state index in [2.05, 4.69) is 36.0 Å². The molecule has 17 nitrogen and oxygen atoms in total. The molecule has 9 heterocycles. The second-order valence-electron chi connectivity index (χ2n) is 16.9. The SMILES string of the molecule is C.Cc1ccc(N2C=NC3c4c(C#N)ccnc4SC3C2=O)cc1.Cc1ccc(N2C=NC3c4c(C(=O)O)ccnc4SC3C2=O)cc1.Cc1ccc(N2C=NC3c4c(C(N)=O)ccnc4SC3C2=O)cc1. The minimum atomic E-state index is -1.03. The lowest BCUT2D eigenvalue weighted by atomic mass is 9.98. The fourth-order valence-electron chi connectivity index (χ4n) is 8.72. The number of aryl methyl sites for hydroxylation is 3. The molecule has 0 spiro atoms. The van der Waals surface area contributed by atoms with Crippen molar-refractivity contribution < 1.29 is 29.1 Å². The number of hydrogen-bond donors (Lipinski definition) is 2. The number of nitrogens with zero attached hydrogens (tertiary/aromatic N) is 10. The number of primary amides is 1. The summed E-state index contributed by atoms with van der Waals surface area (Å²) >= 11 is 4.01. The molecule has 0 fully saturated rings. The predicted octanol–water partition coefficient (Wildman–Crippen LogP) is 8.25. The third kappa shape index (κ3) is 8.90. The van der Waals surface area contributed by atoms with Crippen molar-refractivity contribution in [2.24, 2.45) is 20.7 Å². The summed E-state index contributed by atoms with van der Waals surface area (Å²) in [6, 6.07) is 28.7. The van der Waals surface area contributed by atoms with Gasteiger partial charge in [0.1, 0.15) is 49.0 Å². The molecule has 360 valence electrons. The number of aliphatic imine (C=N–C) groups is 3. The van der Waals surface area contributed by atoms with Crippen LogP contribution in [-0.2, 0) is 14.4 Å². The minimum Gasteiger partial charge on any atom is -0.478 e. The molecule has 72 heavy (non-hydrogen) atoms. The number of rotatable bonds is 5. The van der Waals surface area contributed by atoms with Gasteiger partial charge in [0, 0.05) is 57.9 Å². The zero-order valence-corrected chi connectivity index (χ0v) is 40.3. The number of aromatic nitrogens is 3. The number of thioether (sulfide) groups is 3. The van der Waals surface area contributed by atoms with Gasteiger partial charge < -0.3 is 10.8 Å². The van der Waals surface area contributed by atoms with Gasteiger partial charge in [-0.15, -0.1) is 0 Å². The highest BCUT2D eigenvalue weighted by molar-refractivity contribution is 8.01. The van der Waals surface area contributed by atoms with Crippen LogP contribution in [0.2, 0.25) is 0 Å². The van der Waals surface area contributed by atoms with E-state index in [4.69, 9.17) is 5.73 Å². The molecule has 4 amide bonds. The Morgan fingerprint density at radius 2 is 0.875 bits per heavy atom. The summed E-state index contributed by atoms with van der Waals surface area (Å²) in [7, 11) is 0. The molecule has 0 saturated heterocycles. The molecule has 6 aliphatic rings. The monoisotopic (exact) mass is 1010 g/mol. The van der Waals surface area contributed by atoms with E-state index in [9.17, 15) is 34.3 Å². The van der Waals surface area contributed by atoms with Crippen molar-refractivity contribution in [1.82, 2.24) is 15.0 Å². The number of amides is 4. The number of carboxylic acid groups (broad SMARTS) is 1. The lowest BCUT2D eigenvalue weighted by molar-refractivity contribution is -0.118. The Morgan fingerprint density at radius 1 is 0.542 bits per heavy atom. The van der Waals surface area contributed by atoms with E-state index >= 15 is 0 Å². The molecule has 0 aliphatic carbocycles. The lowest BCUT2D eigenvalue weighted by Crippen LogP contribution is -2.42. The summed E-state index contributed by atoms with van der Waals surface area (Å²) in [4.78, 5) is 92.7. The summed E-state index contributed by atoms with van der Waals surface area (Å²) in [5, 5.41) is 19.3. The van der Waals surface area contributed by atoms with Crippen molar-refractivity contribution in [1.29, 1.82) is 5.26 Å². The number of benzene rings is 3. The predicted molar refractivity (Wildman–Crippen MR) is 278 cm³/mol. The van der Waals surface area contributed by atoms with Crippen LogP contribution in [0, 0.1) is 32.1 Å². The number of nitrogens with two attached hydrogens (primary N) is 1. The molecule has 6 aliphatic heterocycles. The maximum Gasteiger partial charge on any atom is 0.336 e. The number of anilines is 3. The highest BCUT2D eigenvalue weighted by Gasteiger charge is 2.48. The molecule has 3 aromatic carbocycles. The van der Waals surface area contributed by atoms with Gasteiger partial charge in [0.25, 0.3) is 0 Å². The molecule has 6 atom stereocenters. The quantitative estimate of drug-likeness (QED) is 0.166. The van der Waals surface area contributed by atoms with E-state index in [-0.39, 0.29) is 42.0 Å². The van der Waals surface area contributed by atoms with E-state index in [0.29, 0.717) is 32.3 Å². The summed E-state index contributed by atoms with van der Waals surface area (Å²) in [5.41, 5.74) is 14.2. The number of fused-ring (bicyclic) bond motifs is 9. The normalized spacial score (nSPS) is 21.3. The zero-order chi connectivity index (χ0) is 49.7. The second-order valence-corrected chi connectivity index (χ2v) is 20.3. The van der Waals surface area contributed by atoms with E-state index < -0.39 is 34.5 Å². The first-order valence-corrected chi connectivity index (χ1v) is 24.6. The number of pyridine rings is 3. The van der Waals surface area contributed by atoms with Crippen molar-refractivity contribution in [2.45, 2.75) is 77.2 Å². The average molecular weight is 1010 g/mol. The molecule has 12 rings (SSSR count). The second kappa shape index (κ2) is 20.0. The Morgan fingerprint density at radius 3 is 1.24 bits per heavy atom. The van der Waals surface area contributed by atoms with Crippen LogP contribution < -0.4 is 20.4 Å². The maximum atomic E-state index is 12.9. The van der Waals surface area contributed by atoms with Crippen molar-refractivity contribution >= 4 is 101 Å². The molecule has 0 radical (unpaired) electrons. The fourth-order valence-corrected chi connectivity index (χ4v) is 12.5.